The molecule has 0 bridgehead atoms. The first kappa shape index (κ1) is 10.5. The summed E-state index contributed by atoms with van der Waals surface area (Å²) in [4.78, 5) is 0. The summed E-state index contributed by atoms with van der Waals surface area (Å²) in [5, 5.41) is 6.80. The van der Waals surface area contributed by atoms with Crippen molar-refractivity contribution in [1.29, 1.82) is 0 Å². The van der Waals surface area contributed by atoms with E-state index in [-0.39, 0.29) is 0 Å². The number of hydrogen-bond donors (Lipinski definition) is 2. The summed E-state index contributed by atoms with van der Waals surface area (Å²) < 4.78 is 0. The predicted octanol–water partition coefficient (Wildman–Crippen LogP) is 2.33. The minimum atomic E-state index is 0.648. The van der Waals surface area contributed by atoms with Crippen molar-refractivity contribution >= 4 is 5.69 Å². The van der Waals surface area contributed by atoms with Crippen LogP contribution in [-0.2, 0) is 6.42 Å². The second kappa shape index (κ2) is 4.67. The molecule has 2 N–H and O–H groups in total. The van der Waals surface area contributed by atoms with Gasteiger partial charge in [0.25, 0.3) is 0 Å². The molecule has 2 heteroatoms. The molecule has 1 aromatic carbocycles. The van der Waals surface area contributed by atoms with Crippen LogP contribution >= 0.6 is 0 Å². The molecule has 0 saturated heterocycles. The normalized spacial score (nSPS) is 18.7. The van der Waals surface area contributed by atoms with Crippen LogP contribution in [0.4, 0.5) is 5.69 Å². The van der Waals surface area contributed by atoms with Gasteiger partial charge in [0.1, 0.15) is 0 Å². The summed E-state index contributed by atoms with van der Waals surface area (Å²) in [5.74, 6) is 0. The van der Waals surface area contributed by atoms with Gasteiger partial charge < -0.3 is 10.6 Å². The zero-order valence-corrected chi connectivity index (χ0v) is 9.64. The molecule has 0 aromatic heterocycles. The lowest BCUT2D eigenvalue weighted by Gasteiger charge is -2.10. The number of aryl methyl sites for hydroxylation is 1. The van der Waals surface area contributed by atoms with Gasteiger partial charge in [0, 0.05) is 11.7 Å². The second-order valence-corrected chi connectivity index (χ2v) is 4.39. The smallest absolute Gasteiger partial charge is 0.0378 e. The number of hydrogen-bond acceptors (Lipinski definition) is 2. The van der Waals surface area contributed by atoms with Crippen molar-refractivity contribution in [1.82, 2.24) is 5.32 Å². The van der Waals surface area contributed by atoms with E-state index in [0.717, 1.165) is 6.54 Å². The lowest BCUT2D eigenvalue weighted by atomic mass is 10.0. The van der Waals surface area contributed by atoms with Gasteiger partial charge in [-0.2, -0.15) is 0 Å². The van der Waals surface area contributed by atoms with E-state index in [0.29, 0.717) is 6.04 Å². The first-order chi connectivity index (χ1) is 7.31. The molecule has 15 heavy (non-hydrogen) atoms. The number of benzene rings is 1. The topological polar surface area (TPSA) is 24.1 Å². The molecule has 2 nitrogen and oxygen atoms in total. The Bertz CT molecular complexity index is 333. The average Bonchev–Trinajstić information content (AvgIpc) is 2.63. The minimum Gasteiger partial charge on any atom is -0.382 e. The van der Waals surface area contributed by atoms with Gasteiger partial charge in [0.15, 0.2) is 0 Å². The fourth-order valence-corrected chi connectivity index (χ4v) is 2.33. The van der Waals surface area contributed by atoms with E-state index in [1.165, 1.54) is 36.1 Å². The molecule has 1 aliphatic rings. The third-order valence-electron chi connectivity index (χ3n) is 3.20. The molecule has 0 amide bonds. The molecule has 1 aliphatic heterocycles. The Morgan fingerprint density at radius 3 is 3.07 bits per heavy atom. The summed E-state index contributed by atoms with van der Waals surface area (Å²) in [7, 11) is 2.01. The van der Waals surface area contributed by atoms with Crippen molar-refractivity contribution < 1.29 is 0 Å². The number of nitrogens with one attached hydrogen (secondary N) is 2. The van der Waals surface area contributed by atoms with Crippen LogP contribution < -0.4 is 10.6 Å². The highest BCUT2D eigenvalue weighted by Gasteiger charge is 2.20. The van der Waals surface area contributed by atoms with E-state index in [2.05, 4.69) is 35.8 Å². The maximum atomic E-state index is 3.61. The van der Waals surface area contributed by atoms with Crippen molar-refractivity contribution in [3.63, 3.8) is 0 Å². The van der Waals surface area contributed by atoms with E-state index in [1.807, 2.05) is 7.05 Å². The zero-order chi connectivity index (χ0) is 10.7. The van der Waals surface area contributed by atoms with E-state index < -0.39 is 0 Å². The van der Waals surface area contributed by atoms with E-state index in [1.54, 1.807) is 0 Å². The van der Waals surface area contributed by atoms with Crippen LogP contribution in [0.1, 0.15) is 24.0 Å². The van der Waals surface area contributed by atoms with E-state index in [9.17, 15) is 0 Å². The molecule has 0 saturated carbocycles. The molecule has 2 rings (SSSR count). The molecule has 0 fully saturated rings. The van der Waals surface area contributed by atoms with Gasteiger partial charge in [0.2, 0.25) is 0 Å². The summed E-state index contributed by atoms with van der Waals surface area (Å²) in [6.45, 7) is 3.32. The van der Waals surface area contributed by atoms with Crippen LogP contribution in [0, 0.1) is 6.92 Å². The minimum absolute atomic E-state index is 0.648. The molecule has 1 unspecified atom stereocenters. The summed E-state index contributed by atoms with van der Waals surface area (Å²) in [5.41, 5.74) is 4.30. The van der Waals surface area contributed by atoms with Crippen molar-refractivity contribution in [3.8, 4) is 0 Å². The lowest BCUT2D eigenvalue weighted by Crippen LogP contribution is -2.18. The van der Waals surface area contributed by atoms with Crippen LogP contribution in [-0.4, -0.2) is 19.6 Å². The van der Waals surface area contributed by atoms with Crippen LogP contribution in [0.3, 0.4) is 0 Å². The Morgan fingerprint density at radius 1 is 1.47 bits per heavy atom. The number of rotatable bonds is 4. The first-order valence-corrected chi connectivity index (χ1v) is 5.81. The lowest BCUT2D eigenvalue weighted by molar-refractivity contribution is 0.607. The molecule has 1 heterocycles. The highest BCUT2D eigenvalue weighted by Crippen LogP contribution is 2.29. The van der Waals surface area contributed by atoms with Crippen LogP contribution in [0.15, 0.2) is 18.2 Å². The molecule has 1 aromatic rings. The van der Waals surface area contributed by atoms with Gasteiger partial charge in [-0.15, -0.1) is 0 Å². The standard InChI is InChI=1S/C13H20N2/c1-10-5-3-7-13-12(10)9-11(15-13)6-4-8-14-2/h3,5,7,11,14-15H,4,6,8-9H2,1-2H3. The van der Waals surface area contributed by atoms with Gasteiger partial charge >= 0.3 is 0 Å². The molecular formula is C13H20N2. The van der Waals surface area contributed by atoms with Crippen molar-refractivity contribution in [2.24, 2.45) is 0 Å². The Labute approximate surface area is 92.1 Å². The molecule has 1 atom stereocenters. The SMILES string of the molecule is CNCCCC1Cc2c(C)cccc2N1. The number of anilines is 1. The molecule has 82 valence electrons. The Balaban J connectivity index is 1.94. The van der Waals surface area contributed by atoms with Gasteiger partial charge in [-0.1, -0.05) is 12.1 Å². The second-order valence-electron chi connectivity index (χ2n) is 4.39. The van der Waals surface area contributed by atoms with Crippen LogP contribution in [0.25, 0.3) is 0 Å². The van der Waals surface area contributed by atoms with Gasteiger partial charge in [-0.05, 0) is 57.0 Å². The zero-order valence-electron chi connectivity index (χ0n) is 9.64. The van der Waals surface area contributed by atoms with E-state index >= 15 is 0 Å². The quantitative estimate of drug-likeness (QED) is 0.736. The monoisotopic (exact) mass is 204 g/mol. The molecule has 0 aliphatic carbocycles. The highest BCUT2D eigenvalue weighted by atomic mass is 14.9. The Kier molecular flexibility index (Phi) is 3.27. The van der Waals surface area contributed by atoms with Crippen molar-refractivity contribution in [2.75, 3.05) is 18.9 Å². The van der Waals surface area contributed by atoms with Gasteiger partial charge in [-0.3, -0.25) is 0 Å². The van der Waals surface area contributed by atoms with Crippen molar-refractivity contribution in [3.05, 3.63) is 29.3 Å². The first-order valence-electron chi connectivity index (χ1n) is 5.81. The molecule has 0 radical (unpaired) electrons. The Hall–Kier alpha value is -1.02. The fourth-order valence-electron chi connectivity index (χ4n) is 2.33. The third-order valence-corrected chi connectivity index (χ3v) is 3.20. The predicted molar refractivity (Wildman–Crippen MR) is 65.5 cm³/mol. The Morgan fingerprint density at radius 2 is 2.33 bits per heavy atom. The maximum Gasteiger partial charge on any atom is 0.0378 e. The summed E-state index contributed by atoms with van der Waals surface area (Å²) >= 11 is 0. The highest BCUT2D eigenvalue weighted by molar-refractivity contribution is 5.59. The maximum absolute atomic E-state index is 3.61. The summed E-state index contributed by atoms with van der Waals surface area (Å²) in [6.07, 6.45) is 3.71. The number of fused-ring (bicyclic) bond motifs is 1. The fraction of sp³-hybridized carbons (Fsp3) is 0.538. The average molecular weight is 204 g/mol. The third kappa shape index (κ3) is 2.32. The van der Waals surface area contributed by atoms with Gasteiger partial charge in [0.05, 0.1) is 0 Å². The van der Waals surface area contributed by atoms with Gasteiger partial charge in [-0.25, -0.2) is 0 Å². The van der Waals surface area contributed by atoms with Crippen LogP contribution in [0.5, 0.6) is 0 Å². The summed E-state index contributed by atoms with van der Waals surface area (Å²) in [6, 6.07) is 7.18. The van der Waals surface area contributed by atoms with E-state index in [4.69, 9.17) is 0 Å². The largest absolute Gasteiger partial charge is 0.382 e. The van der Waals surface area contributed by atoms with Crippen LogP contribution in [0.2, 0.25) is 0 Å². The van der Waals surface area contributed by atoms with Crippen molar-refractivity contribution in [2.45, 2.75) is 32.2 Å². The molecule has 0 spiro atoms. The molecular weight excluding hydrogens is 184 g/mol.